The third-order valence-corrected chi connectivity index (χ3v) is 2.83. The lowest BCUT2D eigenvalue weighted by Crippen LogP contribution is -2.13. The van der Waals surface area contributed by atoms with Gasteiger partial charge >= 0.3 is 0 Å². The van der Waals surface area contributed by atoms with Crippen LogP contribution < -0.4 is 0 Å². The normalized spacial score (nSPS) is 11.8. The summed E-state index contributed by atoms with van der Waals surface area (Å²) >= 11 is 0. The van der Waals surface area contributed by atoms with Crippen molar-refractivity contribution in [1.82, 2.24) is 15.2 Å². The number of hydrogen-bond acceptors (Lipinski definition) is 5. The molecule has 0 radical (unpaired) electrons. The summed E-state index contributed by atoms with van der Waals surface area (Å²) in [7, 11) is -3.37. The number of H-pyrrole nitrogens is 1. The minimum absolute atomic E-state index is 0.0846. The molecule has 1 aromatic heterocycles. The Morgan fingerprint density at radius 3 is 2.92 bits per heavy atom. The van der Waals surface area contributed by atoms with E-state index >= 15 is 0 Å². The fourth-order valence-electron chi connectivity index (χ4n) is 0.751. The van der Waals surface area contributed by atoms with Crippen LogP contribution in [0.2, 0.25) is 0 Å². The van der Waals surface area contributed by atoms with Crippen molar-refractivity contribution >= 4 is 9.84 Å². The Bertz CT molecular complexity index is 332. The van der Waals surface area contributed by atoms with Crippen molar-refractivity contribution in [3.8, 4) is 0 Å². The second-order valence-corrected chi connectivity index (χ2v) is 4.30. The van der Waals surface area contributed by atoms with Gasteiger partial charge in [-0.15, -0.1) is 5.10 Å². The number of ether oxygens (including phenoxy) is 1. The largest absolute Gasteiger partial charge is 0.381 e. The van der Waals surface area contributed by atoms with E-state index in [4.69, 9.17) is 4.74 Å². The first kappa shape index (κ1) is 10.1. The highest BCUT2D eigenvalue weighted by Crippen LogP contribution is 2.01. The summed E-state index contributed by atoms with van der Waals surface area (Å²) in [5.74, 6) is -0.0846. The third-order valence-electron chi connectivity index (χ3n) is 1.37. The van der Waals surface area contributed by atoms with Gasteiger partial charge in [-0.3, -0.25) is 5.10 Å². The van der Waals surface area contributed by atoms with E-state index in [-0.39, 0.29) is 17.5 Å². The Labute approximate surface area is 76.2 Å². The molecule has 74 valence electrons. The lowest BCUT2D eigenvalue weighted by atomic mass is 10.8. The number of rotatable bonds is 5. The van der Waals surface area contributed by atoms with Crippen LogP contribution in [0.1, 0.15) is 6.92 Å². The highest BCUT2D eigenvalue weighted by Gasteiger charge is 2.17. The standard InChI is InChI=1S/C6H11N3O3S/c1-2-12-3-4-13(10,11)6-7-5-8-9-6/h5H,2-4H2,1H3,(H,7,8,9). The van der Waals surface area contributed by atoms with Gasteiger partial charge in [-0.25, -0.2) is 13.4 Å². The van der Waals surface area contributed by atoms with Crippen LogP contribution in [-0.4, -0.2) is 42.6 Å². The molecule has 0 saturated carbocycles. The summed E-state index contributed by atoms with van der Waals surface area (Å²) in [6, 6.07) is 0. The number of sulfone groups is 1. The number of nitrogens with zero attached hydrogens (tertiary/aromatic N) is 2. The van der Waals surface area contributed by atoms with Crippen LogP contribution in [0.4, 0.5) is 0 Å². The molecule has 0 bridgehead atoms. The summed E-state index contributed by atoms with van der Waals surface area (Å²) in [5.41, 5.74) is 0. The lowest BCUT2D eigenvalue weighted by Gasteiger charge is -1.99. The van der Waals surface area contributed by atoms with Crippen LogP contribution in [-0.2, 0) is 14.6 Å². The Balaban J connectivity index is 2.58. The molecule has 0 saturated heterocycles. The SMILES string of the molecule is CCOCCS(=O)(=O)c1nc[nH]n1. The second kappa shape index (κ2) is 4.33. The van der Waals surface area contributed by atoms with E-state index in [0.29, 0.717) is 6.61 Å². The molecule has 0 aliphatic heterocycles. The van der Waals surface area contributed by atoms with Gasteiger partial charge in [0.2, 0.25) is 9.84 Å². The van der Waals surface area contributed by atoms with E-state index in [2.05, 4.69) is 15.2 Å². The fourth-order valence-corrected chi connectivity index (χ4v) is 1.68. The zero-order chi connectivity index (χ0) is 9.73. The molecule has 0 atom stereocenters. The van der Waals surface area contributed by atoms with Gasteiger partial charge < -0.3 is 4.74 Å². The summed E-state index contributed by atoms with van der Waals surface area (Å²) in [6.07, 6.45) is 1.23. The van der Waals surface area contributed by atoms with Crippen molar-refractivity contribution in [3.05, 3.63) is 6.33 Å². The van der Waals surface area contributed by atoms with Crippen molar-refractivity contribution in [3.63, 3.8) is 0 Å². The van der Waals surface area contributed by atoms with E-state index < -0.39 is 9.84 Å². The number of hydrogen-bond donors (Lipinski definition) is 1. The van der Waals surface area contributed by atoms with Gasteiger partial charge in [0.15, 0.2) is 0 Å². The molecule has 0 aliphatic carbocycles. The maximum Gasteiger partial charge on any atom is 0.266 e. The molecule has 1 rings (SSSR count). The molecule has 0 aromatic carbocycles. The third kappa shape index (κ3) is 2.78. The van der Waals surface area contributed by atoms with Crippen molar-refractivity contribution < 1.29 is 13.2 Å². The van der Waals surface area contributed by atoms with Crippen molar-refractivity contribution in [1.29, 1.82) is 0 Å². The molecule has 13 heavy (non-hydrogen) atoms. The van der Waals surface area contributed by atoms with Crippen molar-refractivity contribution in [2.45, 2.75) is 12.1 Å². The summed E-state index contributed by atoms with van der Waals surface area (Å²) in [4.78, 5) is 3.56. The molecular formula is C6H11N3O3S. The molecule has 1 N–H and O–H groups in total. The highest BCUT2D eigenvalue weighted by atomic mass is 32.2. The highest BCUT2D eigenvalue weighted by molar-refractivity contribution is 7.91. The summed E-state index contributed by atoms with van der Waals surface area (Å²) < 4.78 is 27.6. The average molecular weight is 205 g/mol. The Kier molecular flexibility index (Phi) is 3.38. The maximum absolute atomic E-state index is 11.3. The minimum Gasteiger partial charge on any atom is -0.381 e. The predicted octanol–water partition coefficient (Wildman–Crippen LogP) is -0.385. The van der Waals surface area contributed by atoms with Crippen LogP contribution in [0.3, 0.4) is 0 Å². The first-order chi connectivity index (χ1) is 6.17. The van der Waals surface area contributed by atoms with Crippen molar-refractivity contribution in [2.75, 3.05) is 19.0 Å². The molecule has 6 nitrogen and oxygen atoms in total. The molecule has 1 heterocycles. The molecule has 1 aromatic rings. The van der Waals surface area contributed by atoms with Crippen LogP contribution >= 0.6 is 0 Å². The number of aromatic nitrogens is 3. The monoisotopic (exact) mass is 205 g/mol. The number of aromatic amines is 1. The van der Waals surface area contributed by atoms with Gasteiger partial charge in [0, 0.05) is 6.61 Å². The van der Waals surface area contributed by atoms with E-state index in [0.717, 1.165) is 0 Å². The molecule has 0 amide bonds. The van der Waals surface area contributed by atoms with Gasteiger partial charge in [0.05, 0.1) is 12.4 Å². The van der Waals surface area contributed by atoms with E-state index in [1.165, 1.54) is 6.33 Å². The van der Waals surface area contributed by atoms with Crippen LogP contribution in [0.15, 0.2) is 11.5 Å². The Morgan fingerprint density at radius 1 is 1.62 bits per heavy atom. The fraction of sp³-hybridized carbons (Fsp3) is 0.667. The summed E-state index contributed by atoms with van der Waals surface area (Å²) in [6.45, 7) is 2.48. The van der Waals surface area contributed by atoms with Crippen LogP contribution in [0.5, 0.6) is 0 Å². The Morgan fingerprint density at radius 2 is 2.38 bits per heavy atom. The first-order valence-corrected chi connectivity index (χ1v) is 5.48. The minimum atomic E-state index is -3.37. The summed E-state index contributed by atoms with van der Waals surface area (Å²) in [5, 5.41) is 5.66. The smallest absolute Gasteiger partial charge is 0.266 e. The van der Waals surface area contributed by atoms with Gasteiger partial charge in [0.1, 0.15) is 6.33 Å². The van der Waals surface area contributed by atoms with Gasteiger partial charge in [-0.05, 0) is 6.92 Å². The van der Waals surface area contributed by atoms with E-state index in [9.17, 15) is 8.42 Å². The molecule has 0 unspecified atom stereocenters. The van der Waals surface area contributed by atoms with Gasteiger partial charge in [0.25, 0.3) is 5.16 Å². The number of nitrogens with one attached hydrogen (secondary N) is 1. The topological polar surface area (TPSA) is 84.9 Å². The molecule has 0 spiro atoms. The first-order valence-electron chi connectivity index (χ1n) is 3.83. The molecule has 7 heteroatoms. The average Bonchev–Trinajstić information content (AvgIpc) is 2.56. The van der Waals surface area contributed by atoms with E-state index in [1.54, 1.807) is 6.92 Å². The predicted molar refractivity (Wildman–Crippen MR) is 44.9 cm³/mol. The van der Waals surface area contributed by atoms with E-state index in [1.807, 2.05) is 0 Å². The Hall–Kier alpha value is -0.950. The van der Waals surface area contributed by atoms with Gasteiger partial charge in [-0.1, -0.05) is 0 Å². The maximum atomic E-state index is 11.3. The molecule has 0 aliphatic rings. The zero-order valence-electron chi connectivity index (χ0n) is 7.23. The zero-order valence-corrected chi connectivity index (χ0v) is 8.04. The van der Waals surface area contributed by atoms with Crippen LogP contribution in [0, 0.1) is 0 Å². The van der Waals surface area contributed by atoms with Crippen molar-refractivity contribution in [2.24, 2.45) is 0 Å². The van der Waals surface area contributed by atoms with Crippen LogP contribution in [0.25, 0.3) is 0 Å². The van der Waals surface area contributed by atoms with Gasteiger partial charge in [-0.2, -0.15) is 0 Å². The quantitative estimate of drug-likeness (QED) is 0.662. The molecular weight excluding hydrogens is 194 g/mol. The second-order valence-electron chi connectivity index (χ2n) is 2.30. The lowest BCUT2D eigenvalue weighted by molar-refractivity contribution is 0.163. The molecule has 0 fully saturated rings.